The van der Waals surface area contributed by atoms with Gasteiger partial charge in [0.15, 0.2) is 11.5 Å². The Hall–Kier alpha value is -2.34. The maximum Gasteiger partial charge on any atom is 0.255 e. The van der Waals surface area contributed by atoms with Crippen molar-refractivity contribution in [3.05, 3.63) is 58.4 Å². The quantitative estimate of drug-likeness (QED) is 0.627. The van der Waals surface area contributed by atoms with E-state index in [1.165, 1.54) is 0 Å². The van der Waals surface area contributed by atoms with Crippen molar-refractivity contribution in [1.82, 2.24) is 9.88 Å². The molecule has 1 aromatic heterocycles. The highest BCUT2D eigenvalue weighted by atomic mass is 79.9. The molecule has 0 unspecified atom stereocenters. The minimum absolute atomic E-state index is 0.0202. The zero-order valence-corrected chi connectivity index (χ0v) is 16.0. The molecule has 6 heteroatoms. The Labute approximate surface area is 160 Å². The Morgan fingerprint density at radius 3 is 2.73 bits per heavy atom. The van der Waals surface area contributed by atoms with Crippen LogP contribution < -0.4 is 4.74 Å². The van der Waals surface area contributed by atoms with E-state index < -0.39 is 0 Å². The van der Waals surface area contributed by atoms with E-state index >= 15 is 0 Å². The van der Waals surface area contributed by atoms with Crippen LogP contribution in [0.25, 0.3) is 11.1 Å². The fourth-order valence-electron chi connectivity index (χ4n) is 3.36. The number of benzene rings is 2. The lowest BCUT2D eigenvalue weighted by Crippen LogP contribution is -2.38. The summed E-state index contributed by atoms with van der Waals surface area (Å²) in [7, 11) is 1.60. The smallest absolute Gasteiger partial charge is 0.255 e. The second kappa shape index (κ2) is 7.11. The van der Waals surface area contributed by atoms with E-state index in [0.29, 0.717) is 24.4 Å². The molecule has 0 atom stereocenters. The number of carbonyl (C=O) groups is 1. The predicted octanol–water partition coefficient (Wildman–Crippen LogP) is 4.62. The number of methoxy groups -OCH3 is 1. The van der Waals surface area contributed by atoms with Crippen LogP contribution in [-0.4, -0.2) is 36.0 Å². The summed E-state index contributed by atoms with van der Waals surface area (Å²) in [6.07, 6.45) is 1.69. The predicted molar refractivity (Wildman–Crippen MR) is 103 cm³/mol. The van der Waals surface area contributed by atoms with Gasteiger partial charge >= 0.3 is 0 Å². The molecule has 0 radical (unpaired) electrons. The average molecular weight is 415 g/mol. The molecule has 0 N–H and O–H groups in total. The summed E-state index contributed by atoms with van der Waals surface area (Å²) in [5.74, 6) is 1.73. The number of piperidine rings is 1. The van der Waals surface area contributed by atoms with Gasteiger partial charge < -0.3 is 14.1 Å². The van der Waals surface area contributed by atoms with Crippen LogP contribution in [0.2, 0.25) is 0 Å². The van der Waals surface area contributed by atoms with Gasteiger partial charge in [0.2, 0.25) is 0 Å². The number of hydrogen-bond donors (Lipinski definition) is 0. The van der Waals surface area contributed by atoms with Gasteiger partial charge in [0.1, 0.15) is 11.3 Å². The van der Waals surface area contributed by atoms with Gasteiger partial charge in [-0.3, -0.25) is 4.79 Å². The first-order valence-corrected chi connectivity index (χ1v) is 9.43. The van der Waals surface area contributed by atoms with Crippen molar-refractivity contribution >= 4 is 32.9 Å². The summed E-state index contributed by atoms with van der Waals surface area (Å²) in [6.45, 7) is 1.37. The largest absolute Gasteiger partial charge is 0.497 e. The minimum atomic E-state index is 0.0202. The fraction of sp³-hybridized carbons (Fsp3) is 0.300. The third-order valence-electron chi connectivity index (χ3n) is 4.85. The molecular weight excluding hydrogens is 396 g/mol. The minimum Gasteiger partial charge on any atom is -0.497 e. The van der Waals surface area contributed by atoms with E-state index in [9.17, 15) is 4.79 Å². The SMILES string of the molecule is COc1ccc(Br)c(C(=O)N2CCC(c3nc4ccccc4o3)CC2)c1. The van der Waals surface area contributed by atoms with Crippen molar-refractivity contribution in [1.29, 1.82) is 0 Å². The maximum absolute atomic E-state index is 12.9. The maximum atomic E-state index is 12.9. The van der Waals surface area contributed by atoms with Crippen LogP contribution in [0, 0.1) is 0 Å². The molecule has 26 heavy (non-hydrogen) atoms. The van der Waals surface area contributed by atoms with Crippen LogP contribution in [-0.2, 0) is 0 Å². The van der Waals surface area contributed by atoms with Crippen molar-refractivity contribution in [2.45, 2.75) is 18.8 Å². The zero-order valence-electron chi connectivity index (χ0n) is 14.4. The van der Waals surface area contributed by atoms with E-state index in [4.69, 9.17) is 9.15 Å². The van der Waals surface area contributed by atoms with E-state index in [1.807, 2.05) is 41.3 Å². The zero-order chi connectivity index (χ0) is 18.1. The molecule has 5 nitrogen and oxygen atoms in total. The highest BCUT2D eigenvalue weighted by Crippen LogP contribution is 2.31. The Bertz CT molecular complexity index is 912. The number of halogens is 1. The number of carbonyl (C=O) groups excluding carboxylic acids is 1. The number of fused-ring (bicyclic) bond motifs is 1. The van der Waals surface area contributed by atoms with Crippen LogP contribution in [0.5, 0.6) is 5.75 Å². The van der Waals surface area contributed by atoms with Crippen LogP contribution in [0.3, 0.4) is 0 Å². The molecule has 4 rings (SSSR count). The van der Waals surface area contributed by atoms with Crippen LogP contribution in [0.1, 0.15) is 35.0 Å². The first-order chi connectivity index (χ1) is 12.7. The van der Waals surface area contributed by atoms with Crippen LogP contribution in [0.15, 0.2) is 51.4 Å². The fourth-order valence-corrected chi connectivity index (χ4v) is 3.78. The molecule has 2 heterocycles. The van der Waals surface area contributed by atoms with Gasteiger partial charge in [-0.25, -0.2) is 4.98 Å². The standard InChI is InChI=1S/C20H19BrN2O3/c1-25-14-6-7-16(21)15(12-14)20(24)23-10-8-13(9-11-23)19-22-17-4-2-3-5-18(17)26-19/h2-7,12-13H,8-11H2,1H3. The number of amides is 1. The lowest BCUT2D eigenvalue weighted by Gasteiger charge is -2.31. The summed E-state index contributed by atoms with van der Waals surface area (Å²) in [5, 5.41) is 0. The van der Waals surface area contributed by atoms with E-state index in [0.717, 1.165) is 34.3 Å². The molecule has 0 aliphatic carbocycles. The number of para-hydroxylation sites is 2. The molecule has 0 saturated carbocycles. The number of nitrogens with zero attached hydrogens (tertiary/aromatic N) is 2. The van der Waals surface area contributed by atoms with Gasteiger partial charge in [-0.1, -0.05) is 12.1 Å². The van der Waals surface area contributed by atoms with Crippen LogP contribution in [0.4, 0.5) is 0 Å². The van der Waals surface area contributed by atoms with Crippen molar-refractivity contribution in [2.24, 2.45) is 0 Å². The molecule has 1 aliphatic heterocycles. The van der Waals surface area contributed by atoms with Gasteiger partial charge in [0.05, 0.1) is 12.7 Å². The van der Waals surface area contributed by atoms with Crippen molar-refractivity contribution < 1.29 is 13.9 Å². The third-order valence-corrected chi connectivity index (χ3v) is 5.54. The third kappa shape index (κ3) is 3.21. The molecule has 0 bridgehead atoms. The summed E-state index contributed by atoms with van der Waals surface area (Å²) in [5.41, 5.74) is 2.34. The number of ether oxygens (including phenoxy) is 1. The molecule has 3 aromatic rings. The lowest BCUT2D eigenvalue weighted by atomic mass is 9.96. The topological polar surface area (TPSA) is 55.6 Å². The first-order valence-electron chi connectivity index (χ1n) is 8.64. The number of oxazole rings is 1. The second-order valence-electron chi connectivity index (χ2n) is 6.43. The Balaban J connectivity index is 1.47. The number of aromatic nitrogens is 1. The molecule has 1 amide bonds. The number of rotatable bonds is 3. The summed E-state index contributed by atoms with van der Waals surface area (Å²) in [4.78, 5) is 19.4. The van der Waals surface area contributed by atoms with Gasteiger partial charge in [-0.15, -0.1) is 0 Å². The monoisotopic (exact) mass is 414 g/mol. The number of likely N-dealkylation sites (tertiary alicyclic amines) is 1. The van der Waals surface area contributed by atoms with E-state index in [2.05, 4.69) is 20.9 Å². The molecule has 134 valence electrons. The second-order valence-corrected chi connectivity index (χ2v) is 7.29. The van der Waals surface area contributed by atoms with Gasteiger partial charge in [0, 0.05) is 23.5 Å². The lowest BCUT2D eigenvalue weighted by molar-refractivity contribution is 0.0705. The molecule has 1 saturated heterocycles. The highest BCUT2D eigenvalue weighted by molar-refractivity contribution is 9.10. The first kappa shape index (κ1) is 17.1. The van der Waals surface area contributed by atoms with Gasteiger partial charge in [-0.2, -0.15) is 0 Å². The average Bonchev–Trinajstić information content (AvgIpc) is 3.12. The van der Waals surface area contributed by atoms with Crippen molar-refractivity contribution in [3.8, 4) is 5.75 Å². The van der Waals surface area contributed by atoms with Gasteiger partial charge in [-0.05, 0) is 59.1 Å². The summed E-state index contributed by atoms with van der Waals surface area (Å²) >= 11 is 3.47. The molecule has 1 fully saturated rings. The Morgan fingerprint density at radius 1 is 1.23 bits per heavy atom. The summed E-state index contributed by atoms with van der Waals surface area (Å²) in [6, 6.07) is 13.3. The Kier molecular flexibility index (Phi) is 4.68. The van der Waals surface area contributed by atoms with Gasteiger partial charge in [0.25, 0.3) is 5.91 Å². The molecule has 2 aromatic carbocycles. The molecule has 1 aliphatic rings. The van der Waals surface area contributed by atoms with Crippen LogP contribution >= 0.6 is 15.9 Å². The van der Waals surface area contributed by atoms with E-state index in [-0.39, 0.29) is 11.8 Å². The summed E-state index contributed by atoms with van der Waals surface area (Å²) < 4.78 is 11.9. The highest BCUT2D eigenvalue weighted by Gasteiger charge is 2.28. The van der Waals surface area contributed by atoms with Crippen molar-refractivity contribution in [3.63, 3.8) is 0 Å². The molecular formula is C20H19BrN2O3. The number of hydrogen-bond acceptors (Lipinski definition) is 4. The Morgan fingerprint density at radius 2 is 2.00 bits per heavy atom. The normalized spacial score (nSPS) is 15.4. The van der Waals surface area contributed by atoms with E-state index in [1.54, 1.807) is 13.2 Å². The van der Waals surface area contributed by atoms with Crippen molar-refractivity contribution in [2.75, 3.05) is 20.2 Å². The molecule has 0 spiro atoms.